The number of rotatable bonds is 2. The van der Waals surface area contributed by atoms with Crippen LogP contribution in [0.3, 0.4) is 0 Å². The van der Waals surface area contributed by atoms with Crippen molar-refractivity contribution in [1.82, 2.24) is 9.97 Å². The van der Waals surface area contributed by atoms with Crippen LogP contribution < -0.4 is 4.74 Å². The fourth-order valence-electron chi connectivity index (χ4n) is 1.47. The summed E-state index contributed by atoms with van der Waals surface area (Å²) >= 11 is 3.42. The molecule has 0 spiro atoms. The molecule has 0 amide bonds. The van der Waals surface area contributed by atoms with Gasteiger partial charge in [0.05, 0.1) is 13.4 Å². The SMILES string of the molecule is COc1ccc(C)cc1-c1nc[nH]c1Br. The van der Waals surface area contributed by atoms with Crippen molar-refractivity contribution in [2.24, 2.45) is 0 Å². The van der Waals surface area contributed by atoms with E-state index in [0.29, 0.717) is 0 Å². The molecule has 1 heterocycles. The number of ether oxygens (including phenoxy) is 1. The average molecular weight is 267 g/mol. The molecule has 4 heteroatoms. The summed E-state index contributed by atoms with van der Waals surface area (Å²) in [5, 5.41) is 0. The maximum Gasteiger partial charge on any atom is 0.128 e. The van der Waals surface area contributed by atoms with Gasteiger partial charge in [-0.2, -0.15) is 0 Å². The van der Waals surface area contributed by atoms with E-state index in [4.69, 9.17) is 4.74 Å². The summed E-state index contributed by atoms with van der Waals surface area (Å²) in [5.41, 5.74) is 3.04. The molecule has 0 aliphatic carbocycles. The van der Waals surface area contributed by atoms with Crippen LogP contribution in [0.25, 0.3) is 11.3 Å². The van der Waals surface area contributed by atoms with Gasteiger partial charge in [0.1, 0.15) is 16.0 Å². The lowest BCUT2D eigenvalue weighted by molar-refractivity contribution is 0.416. The molecule has 0 aliphatic heterocycles. The largest absolute Gasteiger partial charge is 0.496 e. The molecule has 0 radical (unpaired) electrons. The summed E-state index contributed by atoms with van der Waals surface area (Å²) < 4.78 is 6.17. The highest BCUT2D eigenvalue weighted by Crippen LogP contribution is 2.33. The number of halogens is 1. The van der Waals surface area contributed by atoms with E-state index < -0.39 is 0 Å². The van der Waals surface area contributed by atoms with Crippen LogP contribution in [0.5, 0.6) is 5.75 Å². The van der Waals surface area contributed by atoms with E-state index in [1.54, 1.807) is 13.4 Å². The van der Waals surface area contributed by atoms with Crippen LogP contribution in [0.1, 0.15) is 5.56 Å². The van der Waals surface area contributed by atoms with Gasteiger partial charge < -0.3 is 9.72 Å². The zero-order chi connectivity index (χ0) is 10.8. The molecule has 0 saturated heterocycles. The number of benzene rings is 1. The minimum atomic E-state index is 0.827. The van der Waals surface area contributed by atoms with Crippen LogP contribution in [-0.2, 0) is 0 Å². The molecule has 3 nitrogen and oxygen atoms in total. The Morgan fingerprint density at radius 1 is 1.40 bits per heavy atom. The lowest BCUT2D eigenvalue weighted by Crippen LogP contribution is -1.89. The van der Waals surface area contributed by atoms with E-state index in [2.05, 4.69) is 32.0 Å². The van der Waals surface area contributed by atoms with Gasteiger partial charge in [-0.25, -0.2) is 4.98 Å². The van der Waals surface area contributed by atoms with Crippen molar-refractivity contribution in [3.8, 4) is 17.0 Å². The molecule has 15 heavy (non-hydrogen) atoms. The third-order valence-corrected chi connectivity index (χ3v) is 2.81. The molecule has 1 aromatic heterocycles. The van der Waals surface area contributed by atoms with Crippen molar-refractivity contribution in [2.75, 3.05) is 7.11 Å². The molecule has 0 atom stereocenters. The molecular formula is C11H11BrN2O. The number of nitrogens with one attached hydrogen (secondary N) is 1. The summed E-state index contributed by atoms with van der Waals surface area (Å²) in [5.74, 6) is 0.827. The lowest BCUT2D eigenvalue weighted by atomic mass is 10.1. The van der Waals surface area contributed by atoms with Crippen LogP contribution >= 0.6 is 15.9 Å². The fourth-order valence-corrected chi connectivity index (χ4v) is 1.89. The van der Waals surface area contributed by atoms with Crippen molar-refractivity contribution in [3.63, 3.8) is 0 Å². The number of hydrogen-bond donors (Lipinski definition) is 1. The molecule has 78 valence electrons. The Labute approximate surface area is 96.6 Å². The fraction of sp³-hybridized carbons (Fsp3) is 0.182. The van der Waals surface area contributed by atoms with Gasteiger partial charge in [0, 0.05) is 5.56 Å². The summed E-state index contributed by atoms with van der Waals surface area (Å²) in [6.07, 6.45) is 1.65. The van der Waals surface area contributed by atoms with E-state index >= 15 is 0 Å². The van der Waals surface area contributed by atoms with Crippen LogP contribution in [0.2, 0.25) is 0 Å². The van der Waals surface area contributed by atoms with Gasteiger partial charge in [-0.15, -0.1) is 0 Å². The highest BCUT2D eigenvalue weighted by molar-refractivity contribution is 9.10. The molecule has 2 rings (SSSR count). The standard InChI is InChI=1S/C11H11BrN2O/c1-7-3-4-9(15-2)8(5-7)10-11(12)14-6-13-10/h3-6H,1-2H3,(H,13,14). The van der Waals surface area contributed by atoms with E-state index in [0.717, 1.165) is 21.6 Å². The number of aryl methyl sites for hydroxylation is 1. The smallest absolute Gasteiger partial charge is 0.128 e. The molecule has 0 saturated carbocycles. The number of aromatic nitrogens is 2. The highest BCUT2D eigenvalue weighted by atomic mass is 79.9. The Morgan fingerprint density at radius 3 is 2.80 bits per heavy atom. The summed E-state index contributed by atoms with van der Waals surface area (Å²) in [6, 6.07) is 6.02. The first-order valence-corrected chi connectivity index (χ1v) is 5.35. The van der Waals surface area contributed by atoms with E-state index in [1.165, 1.54) is 5.56 Å². The van der Waals surface area contributed by atoms with Gasteiger partial charge in [-0.1, -0.05) is 11.6 Å². The first-order chi connectivity index (χ1) is 7.22. The third kappa shape index (κ3) is 1.90. The second-order valence-corrected chi connectivity index (χ2v) is 4.06. The van der Waals surface area contributed by atoms with Crippen LogP contribution in [0, 0.1) is 6.92 Å². The van der Waals surface area contributed by atoms with Gasteiger partial charge in [0.2, 0.25) is 0 Å². The molecule has 0 bridgehead atoms. The monoisotopic (exact) mass is 266 g/mol. The number of nitrogens with zero attached hydrogens (tertiary/aromatic N) is 1. The minimum absolute atomic E-state index is 0.827. The summed E-state index contributed by atoms with van der Waals surface area (Å²) in [4.78, 5) is 7.24. The number of hydrogen-bond acceptors (Lipinski definition) is 2. The number of imidazole rings is 1. The first kappa shape index (κ1) is 10.2. The van der Waals surface area contributed by atoms with Crippen molar-refractivity contribution >= 4 is 15.9 Å². The van der Waals surface area contributed by atoms with Gasteiger partial charge in [-0.05, 0) is 35.0 Å². The van der Waals surface area contributed by atoms with Crippen molar-refractivity contribution < 1.29 is 4.74 Å². The number of aromatic amines is 1. The first-order valence-electron chi connectivity index (χ1n) is 4.56. The summed E-state index contributed by atoms with van der Waals surface area (Å²) in [7, 11) is 1.66. The van der Waals surface area contributed by atoms with E-state index in [-0.39, 0.29) is 0 Å². The zero-order valence-electron chi connectivity index (χ0n) is 8.54. The maximum absolute atomic E-state index is 5.30. The average Bonchev–Trinajstić information content (AvgIpc) is 2.64. The quantitative estimate of drug-likeness (QED) is 0.907. The minimum Gasteiger partial charge on any atom is -0.496 e. The molecule has 0 fully saturated rings. The number of methoxy groups -OCH3 is 1. The number of H-pyrrole nitrogens is 1. The molecule has 0 aliphatic rings. The van der Waals surface area contributed by atoms with Crippen molar-refractivity contribution in [3.05, 3.63) is 34.7 Å². The van der Waals surface area contributed by atoms with Crippen LogP contribution in [-0.4, -0.2) is 17.1 Å². The Morgan fingerprint density at radius 2 is 2.20 bits per heavy atom. The predicted molar refractivity (Wildman–Crippen MR) is 63.0 cm³/mol. The Hall–Kier alpha value is -1.29. The topological polar surface area (TPSA) is 37.9 Å². The van der Waals surface area contributed by atoms with E-state index in [1.807, 2.05) is 19.1 Å². The third-order valence-electron chi connectivity index (χ3n) is 2.20. The van der Waals surface area contributed by atoms with Crippen molar-refractivity contribution in [2.45, 2.75) is 6.92 Å². The van der Waals surface area contributed by atoms with Crippen LogP contribution in [0.4, 0.5) is 0 Å². The second kappa shape index (κ2) is 4.06. The molecular weight excluding hydrogens is 256 g/mol. The Bertz CT molecular complexity index is 479. The molecule has 0 unspecified atom stereocenters. The van der Waals surface area contributed by atoms with Crippen LogP contribution in [0.15, 0.2) is 29.1 Å². The Balaban J connectivity index is 2.60. The van der Waals surface area contributed by atoms with E-state index in [9.17, 15) is 0 Å². The molecule has 1 aromatic carbocycles. The second-order valence-electron chi connectivity index (χ2n) is 3.27. The molecule has 1 N–H and O–H groups in total. The summed E-state index contributed by atoms with van der Waals surface area (Å²) in [6.45, 7) is 2.05. The van der Waals surface area contributed by atoms with Gasteiger partial charge >= 0.3 is 0 Å². The molecule has 2 aromatic rings. The normalized spacial score (nSPS) is 10.3. The van der Waals surface area contributed by atoms with Gasteiger partial charge in [0.25, 0.3) is 0 Å². The van der Waals surface area contributed by atoms with Gasteiger partial charge in [0.15, 0.2) is 0 Å². The highest BCUT2D eigenvalue weighted by Gasteiger charge is 2.11. The Kier molecular flexibility index (Phi) is 2.77. The van der Waals surface area contributed by atoms with Crippen molar-refractivity contribution in [1.29, 1.82) is 0 Å². The predicted octanol–water partition coefficient (Wildman–Crippen LogP) is 3.16. The van der Waals surface area contributed by atoms with Gasteiger partial charge in [-0.3, -0.25) is 0 Å². The maximum atomic E-state index is 5.30. The zero-order valence-corrected chi connectivity index (χ0v) is 10.1. The lowest BCUT2D eigenvalue weighted by Gasteiger charge is -2.07.